The predicted molar refractivity (Wildman–Crippen MR) is 93.8 cm³/mol. The van der Waals surface area contributed by atoms with E-state index in [2.05, 4.69) is 5.32 Å². The summed E-state index contributed by atoms with van der Waals surface area (Å²) >= 11 is 5.83. The number of imide groups is 1. The molecular weight excluding hydrogens is 344 g/mol. The Labute approximate surface area is 149 Å². The van der Waals surface area contributed by atoms with E-state index in [-0.39, 0.29) is 24.7 Å². The summed E-state index contributed by atoms with van der Waals surface area (Å²) < 4.78 is 0. The number of carboxylic acid groups (broad SMARTS) is 1. The van der Waals surface area contributed by atoms with Crippen molar-refractivity contribution in [3.05, 3.63) is 59.1 Å². The van der Waals surface area contributed by atoms with Gasteiger partial charge in [-0.05, 0) is 42.0 Å². The largest absolute Gasteiger partial charge is 0.481 e. The second kappa shape index (κ2) is 6.94. The van der Waals surface area contributed by atoms with Gasteiger partial charge < -0.3 is 10.4 Å². The van der Waals surface area contributed by atoms with Crippen molar-refractivity contribution >= 4 is 40.8 Å². The van der Waals surface area contributed by atoms with E-state index in [1.54, 1.807) is 48.5 Å². The number of anilines is 2. The number of hydrogen-bond donors (Lipinski definition) is 2. The average molecular weight is 359 g/mol. The van der Waals surface area contributed by atoms with Gasteiger partial charge in [0.25, 0.3) is 5.91 Å². The van der Waals surface area contributed by atoms with E-state index in [1.807, 2.05) is 0 Å². The van der Waals surface area contributed by atoms with Crippen LogP contribution >= 0.6 is 11.6 Å². The normalized spacial score (nSPS) is 17.0. The third-order valence-corrected chi connectivity index (χ3v) is 4.13. The highest BCUT2D eigenvalue weighted by molar-refractivity contribution is 6.30. The lowest BCUT2D eigenvalue weighted by Crippen LogP contribution is -2.34. The minimum absolute atomic E-state index is 0.0539. The van der Waals surface area contributed by atoms with Crippen LogP contribution in [0.5, 0.6) is 0 Å². The molecule has 0 unspecified atom stereocenters. The first kappa shape index (κ1) is 17.0. The van der Waals surface area contributed by atoms with Crippen LogP contribution in [0.25, 0.3) is 0 Å². The molecule has 2 amide bonds. The molecular formula is C18H15ClN2O4. The molecule has 1 heterocycles. The number of carboxylic acids is 1. The molecule has 1 saturated heterocycles. The first-order chi connectivity index (χ1) is 11.9. The van der Waals surface area contributed by atoms with Gasteiger partial charge >= 0.3 is 5.97 Å². The zero-order valence-corrected chi connectivity index (χ0v) is 13.9. The van der Waals surface area contributed by atoms with E-state index >= 15 is 0 Å². The summed E-state index contributed by atoms with van der Waals surface area (Å²) in [5.41, 5.74) is 1.80. The van der Waals surface area contributed by atoms with Gasteiger partial charge in [0.2, 0.25) is 5.91 Å². The zero-order chi connectivity index (χ0) is 18.0. The highest BCUT2D eigenvalue weighted by Crippen LogP contribution is 2.26. The summed E-state index contributed by atoms with van der Waals surface area (Å²) in [6, 6.07) is 12.6. The highest BCUT2D eigenvalue weighted by Gasteiger charge is 2.39. The van der Waals surface area contributed by atoms with Crippen LogP contribution in [-0.4, -0.2) is 28.9 Å². The third kappa shape index (κ3) is 3.80. The van der Waals surface area contributed by atoms with Crippen molar-refractivity contribution in [2.24, 2.45) is 0 Å². The summed E-state index contributed by atoms with van der Waals surface area (Å²) in [6.45, 7) is 0. The Morgan fingerprint density at radius 3 is 2.36 bits per heavy atom. The summed E-state index contributed by atoms with van der Waals surface area (Å²) in [6.07, 6.45) is -0.0101. The van der Waals surface area contributed by atoms with Gasteiger partial charge in [-0.2, -0.15) is 0 Å². The van der Waals surface area contributed by atoms with Gasteiger partial charge in [0.1, 0.15) is 6.04 Å². The fourth-order valence-corrected chi connectivity index (χ4v) is 2.83. The molecule has 0 spiro atoms. The monoisotopic (exact) mass is 358 g/mol. The smallest absolute Gasteiger partial charge is 0.307 e. The number of hydrogen-bond acceptors (Lipinski definition) is 4. The van der Waals surface area contributed by atoms with Crippen molar-refractivity contribution in [2.75, 3.05) is 10.2 Å². The van der Waals surface area contributed by atoms with Crippen LogP contribution in [0.4, 0.5) is 11.4 Å². The van der Waals surface area contributed by atoms with Crippen molar-refractivity contribution < 1.29 is 19.5 Å². The highest BCUT2D eigenvalue weighted by atomic mass is 35.5. The second-order valence-corrected chi connectivity index (χ2v) is 6.15. The fourth-order valence-electron chi connectivity index (χ4n) is 2.70. The quantitative estimate of drug-likeness (QED) is 0.802. The molecule has 1 fully saturated rings. The van der Waals surface area contributed by atoms with Crippen molar-refractivity contribution in [3.8, 4) is 0 Å². The molecule has 0 saturated carbocycles. The first-order valence-electron chi connectivity index (χ1n) is 7.63. The summed E-state index contributed by atoms with van der Waals surface area (Å²) in [7, 11) is 0. The van der Waals surface area contributed by atoms with Crippen molar-refractivity contribution in [2.45, 2.75) is 18.9 Å². The Hall–Kier alpha value is -2.86. The van der Waals surface area contributed by atoms with Gasteiger partial charge in [-0.1, -0.05) is 23.7 Å². The van der Waals surface area contributed by atoms with E-state index in [0.717, 1.165) is 4.90 Å². The minimum Gasteiger partial charge on any atom is -0.481 e. The van der Waals surface area contributed by atoms with Crippen LogP contribution in [0, 0.1) is 0 Å². The number of aliphatic carboxylic acids is 1. The number of carbonyl (C=O) groups is 3. The summed E-state index contributed by atoms with van der Waals surface area (Å²) in [4.78, 5) is 36.6. The van der Waals surface area contributed by atoms with Crippen LogP contribution in [0.2, 0.25) is 5.02 Å². The number of benzene rings is 2. The molecule has 6 nitrogen and oxygen atoms in total. The van der Waals surface area contributed by atoms with Gasteiger partial charge in [0, 0.05) is 10.7 Å². The van der Waals surface area contributed by atoms with Crippen LogP contribution < -0.4 is 10.2 Å². The molecule has 0 radical (unpaired) electrons. The zero-order valence-electron chi connectivity index (χ0n) is 13.1. The van der Waals surface area contributed by atoms with Crippen LogP contribution in [0.1, 0.15) is 12.0 Å². The Balaban J connectivity index is 1.71. The maximum absolute atomic E-state index is 12.5. The predicted octanol–water partition coefficient (Wildman–Crippen LogP) is 2.71. The molecule has 0 aromatic heterocycles. The number of halogens is 1. The minimum atomic E-state index is -0.907. The molecule has 1 aliphatic heterocycles. The molecule has 2 N–H and O–H groups in total. The lowest BCUT2D eigenvalue weighted by Gasteiger charge is -2.16. The Morgan fingerprint density at radius 1 is 1.12 bits per heavy atom. The Kier molecular flexibility index (Phi) is 4.72. The molecule has 3 rings (SSSR count). The van der Waals surface area contributed by atoms with Gasteiger partial charge in [-0.25, -0.2) is 4.90 Å². The molecule has 0 bridgehead atoms. The summed E-state index contributed by atoms with van der Waals surface area (Å²) in [5.74, 6) is -1.52. The van der Waals surface area contributed by atoms with E-state index in [1.165, 1.54) is 0 Å². The number of nitrogens with zero attached hydrogens (tertiary/aromatic N) is 1. The fraction of sp³-hybridized carbons (Fsp3) is 0.167. The third-order valence-electron chi connectivity index (χ3n) is 3.88. The van der Waals surface area contributed by atoms with Gasteiger partial charge in [0.05, 0.1) is 18.5 Å². The Morgan fingerprint density at radius 2 is 1.76 bits per heavy atom. The summed E-state index contributed by atoms with van der Waals surface area (Å²) in [5, 5.41) is 12.3. The number of nitrogens with one attached hydrogen (secondary N) is 1. The topological polar surface area (TPSA) is 86.7 Å². The molecule has 2 aromatic rings. The van der Waals surface area contributed by atoms with E-state index in [0.29, 0.717) is 22.0 Å². The standard InChI is InChI=1S/C18H15ClN2O4/c19-12-3-7-14(8-4-12)21-16(22)10-15(18(21)25)20-13-5-1-11(2-6-13)9-17(23)24/h1-8,15,20H,9-10H2,(H,23,24)/t15-/m1/s1. The molecule has 0 aliphatic carbocycles. The lowest BCUT2D eigenvalue weighted by atomic mass is 10.1. The molecule has 1 atom stereocenters. The van der Waals surface area contributed by atoms with Crippen LogP contribution in [-0.2, 0) is 20.8 Å². The van der Waals surface area contributed by atoms with Crippen LogP contribution in [0.3, 0.4) is 0 Å². The second-order valence-electron chi connectivity index (χ2n) is 5.71. The maximum Gasteiger partial charge on any atom is 0.307 e. The van der Waals surface area contributed by atoms with Gasteiger partial charge in [0.15, 0.2) is 0 Å². The lowest BCUT2D eigenvalue weighted by molar-refractivity contribution is -0.136. The molecule has 7 heteroatoms. The van der Waals surface area contributed by atoms with Gasteiger partial charge in [-0.3, -0.25) is 14.4 Å². The first-order valence-corrected chi connectivity index (χ1v) is 8.01. The molecule has 25 heavy (non-hydrogen) atoms. The number of rotatable bonds is 5. The van der Waals surface area contributed by atoms with Crippen molar-refractivity contribution in [3.63, 3.8) is 0 Å². The number of amides is 2. The molecule has 1 aliphatic rings. The SMILES string of the molecule is O=C(O)Cc1ccc(N[C@@H]2CC(=O)N(c3ccc(Cl)cc3)C2=O)cc1. The average Bonchev–Trinajstić information content (AvgIpc) is 2.84. The molecule has 128 valence electrons. The maximum atomic E-state index is 12.5. The van der Waals surface area contributed by atoms with Gasteiger partial charge in [-0.15, -0.1) is 0 Å². The number of carbonyl (C=O) groups excluding carboxylic acids is 2. The van der Waals surface area contributed by atoms with E-state index in [4.69, 9.17) is 16.7 Å². The van der Waals surface area contributed by atoms with Crippen molar-refractivity contribution in [1.29, 1.82) is 0 Å². The van der Waals surface area contributed by atoms with E-state index < -0.39 is 12.0 Å². The van der Waals surface area contributed by atoms with Crippen LogP contribution in [0.15, 0.2) is 48.5 Å². The van der Waals surface area contributed by atoms with Crippen molar-refractivity contribution in [1.82, 2.24) is 0 Å². The molecule has 2 aromatic carbocycles. The Bertz CT molecular complexity index is 818. The van der Waals surface area contributed by atoms with E-state index in [9.17, 15) is 14.4 Å².